The second-order valence-electron chi connectivity index (χ2n) is 3.97. The van der Waals surface area contributed by atoms with E-state index in [1.54, 1.807) is 10.9 Å². The lowest BCUT2D eigenvalue weighted by Gasteiger charge is -2.04. The third-order valence-corrected chi connectivity index (χ3v) is 2.75. The first kappa shape index (κ1) is 10.5. The van der Waals surface area contributed by atoms with Crippen LogP contribution in [0.1, 0.15) is 5.56 Å². The third kappa shape index (κ3) is 1.64. The van der Waals surface area contributed by atoms with Gasteiger partial charge in [0, 0.05) is 6.54 Å². The highest BCUT2D eigenvalue weighted by Crippen LogP contribution is 2.09. The van der Waals surface area contributed by atoms with Crippen molar-refractivity contribution in [3.63, 3.8) is 0 Å². The van der Waals surface area contributed by atoms with Gasteiger partial charge in [-0.05, 0) is 5.56 Å². The second-order valence-corrected chi connectivity index (χ2v) is 3.97. The van der Waals surface area contributed by atoms with Gasteiger partial charge in [0.2, 0.25) is 0 Å². The number of hydrogen-bond acceptors (Lipinski definition) is 4. The van der Waals surface area contributed by atoms with E-state index in [1.165, 1.54) is 6.33 Å². The van der Waals surface area contributed by atoms with Crippen molar-refractivity contribution >= 4 is 11.2 Å². The van der Waals surface area contributed by atoms with Crippen molar-refractivity contribution in [2.45, 2.75) is 6.54 Å². The molecule has 0 aliphatic carbocycles. The van der Waals surface area contributed by atoms with Gasteiger partial charge in [0.25, 0.3) is 0 Å². The van der Waals surface area contributed by atoms with Gasteiger partial charge in [0.15, 0.2) is 11.1 Å². The van der Waals surface area contributed by atoms with Crippen molar-refractivity contribution < 1.29 is 5.21 Å². The number of rotatable bonds is 2. The Morgan fingerprint density at radius 3 is 2.67 bits per heavy atom. The highest BCUT2D eigenvalue weighted by molar-refractivity contribution is 5.69. The summed E-state index contributed by atoms with van der Waals surface area (Å²) < 4.78 is 2.63. The van der Waals surface area contributed by atoms with Crippen LogP contribution in [0.2, 0.25) is 0 Å². The first-order valence-corrected chi connectivity index (χ1v) is 5.46. The van der Waals surface area contributed by atoms with E-state index in [-0.39, 0.29) is 5.49 Å². The Hall–Kier alpha value is -2.63. The predicted molar refractivity (Wildman–Crippen MR) is 64.1 cm³/mol. The molecule has 0 atom stereocenters. The van der Waals surface area contributed by atoms with Crippen LogP contribution in [0.4, 0.5) is 0 Å². The minimum atomic E-state index is 0.101. The van der Waals surface area contributed by atoms with E-state index < -0.39 is 0 Å². The zero-order valence-corrected chi connectivity index (χ0v) is 9.48. The molecule has 0 aliphatic rings. The lowest BCUT2D eigenvalue weighted by atomic mass is 10.2. The van der Waals surface area contributed by atoms with Gasteiger partial charge in [-0.3, -0.25) is 5.41 Å². The summed E-state index contributed by atoms with van der Waals surface area (Å²) in [6.07, 6.45) is 2.77. The second kappa shape index (κ2) is 3.99. The zero-order valence-electron chi connectivity index (χ0n) is 9.48. The summed E-state index contributed by atoms with van der Waals surface area (Å²) in [4.78, 5) is 7.89. The molecule has 90 valence electrons. The molecule has 1 aromatic carbocycles. The molecular weight excluding hydrogens is 230 g/mol. The Balaban J connectivity index is 2.14. The largest absolute Gasteiger partial charge is 0.425 e. The Bertz CT molecular complexity index is 744. The number of aromatic nitrogens is 4. The van der Waals surface area contributed by atoms with Crippen LogP contribution in [0, 0.1) is 5.41 Å². The Morgan fingerprint density at radius 2 is 1.89 bits per heavy atom. The number of nitrogens with one attached hydrogen (secondary N) is 1. The van der Waals surface area contributed by atoms with Gasteiger partial charge in [-0.25, -0.2) is 9.97 Å². The molecule has 0 fully saturated rings. The van der Waals surface area contributed by atoms with E-state index >= 15 is 0 Å². The quantitative estimate of drug-likeness (QED) is 0.657. The average molecular weight is 241 g/mol. The first-order chi connectivity index (χ1) is 8.75. The van der Waals surface area contributed by atoms with Crippen molar-refractivity contribution in [2.24, 2.45) is 0 Å². The molecule has 0 saturated heterocycles. The summed E-state index contributed by atoms with van der Waals surface area (Å²) >= 11 is 0. The number of fused-ring (bicyclic) bond motifs is 1. The van der Waals surface area contributed by atoms with E-state index in [2.05, 4.69) is 9.97 Å². The van der Waals surface area contributed by atoms with Crippen LogP contribution in [0.15, 0.2) is 43.0 Å². The number of benzene rings is 1. The molecule has 6 nitrogen and oxygen atoms in total. The van der Waals surface area contributed by atoms with Crippen molar-refractivity contribution in [3.05, 3.63) is 54.0 Å². The number of nitrogens with zero attached hydrogens (tertiary/aromatic N) is 4. The standard InChI is InChI=1S/C12H11N5O/c13-11-10-12(17(18)8-14-11)15-7-16(10)6-9-4-2-1-3-5-9/h1-5,7-8,13,18H,6H2. The minimum absolute atomic E-state index is 0.101. The fourth-order valence-electron chi connectivity index (χ4n) is 1.91. The molecule has 0 aliphatic heterocycles. The average Bonchev–Trinajstić information content (AvgIpc) is 2.80. The van der Waals surface area contributed by atoms with Crippen LogP contribution in [-0.2, 0) is 6.54 Å². The van der Waals surface area contributed by atoms with Crippen LogP contribution in [0.25, 0.3) is 11.2 Å². The summed E-state index contributed by atoms with van der Waals surface area (Å²) in [6, 6.07) is 9.87. The Kier molecular flexibility index (Phi) is 2.33. The van der Waals surface area contributed by atoms with Crippen molar-refractivity contribution in [2.75, 3.05) is 0 Å². The SMILES string of the molecule is N=c1ncn(O)c2ncn(Cc3ccccc3)c12. The smallest absolute Gasteiger partial charge is 0.199 e. The molecule has 6 heteroatoms. The van der Waals surface area contributed by atoms with Gasteiger partial charge in [-0.2, -0.15) is 4.73 Å². The maximum Gasteiger partial charge on any atom is 0.199 e. The Labute approximate surface area is 102 Å². The van der Waals surface area contributed by atoms with Crippen LogP contribution in [0.3, 0.4) is 0 Å². The summed E-state index contributed by atoms with van der Waals surface area (Å²) in [5.74, 6) is 0. The lowest BCUT2D eigenvalue weighted by molar-refractivity contribution is 0.192. The molecule has 0 spiro atoms. The van der Waals surface area contributed by atoms with Crippen LogP contribution < -0.4 is 5.49 Å². The molecule has 0 amide bonds. The van der Waals surface area contributed by atoms with Crippen LogP contribution >= 0.6 is 0 Å². The maximum atomic E-state index is 9.57. The van der Waals surface area contributed by atoms with E-state index in [0.717, 1.165) is 10.3 Å². The predicted octanol–water partition coefficient (Wildman–Crippen LogP) is 0.998. The highest BCUT2D eigenvalue weighted by Gasteiger charge is 2.08. The summed E-state index contributed by atoms with van der Waals surface area (Å²) in [5, 5.41) is 17.4. The molecule has 0 saturated carbocycles. The van der Waals surface area contributed by atoms with Crippen molar-refractivity contribution in [3.8, 4) is 0 Å². The van der Waals surface area contributed by atoms with Crippen LogP contribution in [-0.4, -0.2) is 24.5 Å². The first-order valence-electron chi connectivity index (χ1n) is 5.46. The third-order valence-electron chi connectivity index (χ3n) is 2.75. The minimum Gasteiger partial charge on any atom is -0.425 e. The van der Waals surface area contributed by atoms with E-state index in [1.807, 2.05) is 30.3 Å². The van der Waals surface area contributed by atoms with E-state index in [9.17, 15) is 5.21 Å². The molecule has 2 aromatic heterocycles. The van der Waals surface area contributed by atoms with Gasteiger partial charge >= 0.3 is 0 Å². The van der Waals surface area contributed by atoms with Gasteiger partial charge in [-0.1, -0.05) is 30.3 Å². The van der Waals surface area contributed by atoms with E-state index in [0.29, 0.717) is 17.7 Å². The fourth-order valence-corrected chi connectivity index (χ4v) is 1.91. The monoisotopic (exact) mass is 241 g/mol. The maximum absolute atomic E-state index is 9.57. The van der Waals surface area contributed by atoms with Gasteiger partial charge < -0.3 is 9.77 Å². The molecule has 3 aromatic rings. The normalized spacial score (nSPS) is 10.9. The fraction of sp³-hybridized carbons (Fsp3) is 0.0833. The van der Waals surface area contributed by atoms with Crippen LogP contribution in [0.5, 0.6) is 0 Å². The highest BCUT2D eigenvalue weighted by atomic mass is 16.5. The molecule has 2 N–H and O–H groups in total. The lowest BCUT2D eigenvalue weighted by Crippen LogP contribution is -2.14. The summed E-state index contributed by atoms with van der Waals surface area (Å²) in [6.45, 7) is 0.592. The van der Waals surface area contributed by atoms with Gasteiger partial charge in [0.1, 0.15) is 11.8 Å². The zero-order chi connectivity index (χ0) is 12.5. The topological polar surface area (TPSA) is 79.7 Å². The molecule has 0 unspecified atom stereocenters. The summed E-state index contributed by atoms with van der Waals surface area (Å²) in [7, 11) is 0. The molecule has 18 heavy (non-hydrogen) atoms. The number of hydrogen-bond donors (Lipinski definition) is 2. The van der Waals surface area contributed by atoms with Gasteiger partial charge in [0.05, 0.1) is 6.33 Å². The summed E-state index contributed by atoms with van der Waals surface area (Å²) in [5.41, 5.74) is 2.06. The molecule has 2 heterocycles. The van der Waals surface area contributed by atoms with Crippen molar-refractivity contribution in [1.29, 1.82) is 5.41 Å². The van der Waals surface area contributed by atoms with Gasteiger partial charge in [-0.15, -0.1) is 0 Å². The molecular formula is C12H11N5O. The number of imidazole rings is 1. The van der Waals surface area contributed by atoms with Crippen molar-refractivity contribution in [1.82, 2.24) is 19.3 Å². The Morgan fingerprint density at radius 1 is 1.11 bits per heavy atom. The molecule has 3 rings (SSSR count). The molecule has 0 radical (unpaired) electrons. The molecule has 0 bridgehead atoms. The van der Waals surface area contributed by atoms with E-state index in [4.69, 9.17) is 5.41 Å².